The van der Waals surface area contributed by atoms with Crippen molar-refractivity contribution in [2.24, 2.45) is 5.73 Å². The first kappa shape index (κ1) is 14.6. The van der Waals surface area contributed by atoms with Gasteiger partial charge in [-0.3, -0.25) is 0 Å². The van der Waals surface area contributed by atoms with Crippen molar-refractivity contribution in [3.63, 3.8) is 0 Å². The molecule has 0 saturated carbocycles. The number of halogens is 2. The van der Waals surface area contributed by atoms with Gasteiger partial charge in [0.1, 0.15) is 11.6 Å². The van der Waals surface area contributed by atoms with Gasteiger partial charge in [0.2, 0.25) is 0 Å². The largest absolute Gasteiger partial charge is 0.375 e. The molecule has 2 nitrogen and oxygen atoms in total. The number of methoxy groups -OCH3 is 1. The molecule has 0 radical (unpaired) electrons. The maximum absolute atomic E-state index is 13.6. The van der Waals surface area contributed by atoms with E-state index in [9.17, 15) is 8.78 Å². The Balaban J connectivity index is 2.20. The van der Waals surface area contributed by atoms with Crippen molar-refractivity contribution in [2.75, 3.05) is 7.11 Å². The SMILES string of the molecule is COC(c1ccccc1)C(N)Cc1c(F)cccc1F. The fourth-order valence-electron chi connectivity index (χ4n) is 2.27. The summed E-state index contributed by atoms with van der Waals surface area (Å²) in [7, 11) is 1.54. The van der Waals surface area contributed by atoms with Crippen LogP contribution in [0.2, 0.25) is 0 Å². The zero-order valence-corrected chi connectivity index (χ0v) is 11.2. The van der Waals surface area contributed by atoms with Crippen molar-refractivity contribution in [3.8, 4) is 0 Å². The Morgan fingerprint density at radius 3 is 2.15 bits per heavy atom. The summed E-state index contributed by atoms with van der Waals surface area (Å²) in [5, 5.41) is 0. The van der Waals surface area contributed by atoms with Gasteiger partial charge in [0.15, 0.2) is 0 Å². The number of rotatable bonds is 5. The molecule has 0 aliphatic heterocycles. The number of nitrogens with two attached hydrogens (primary N) is 1. The Morgan fingerprint density at radius 1 is 1.00 bits per heavy atom. The Morgan fingerprint density at radius 2 is 1.60 bits per heavy atom. The number of ether oxygens (including phenoxy) is 1. The first-order valence-electron chi connectivity index (χ1n) is 6.39. The summed E-state index contributed by atoms with van der Waals surface area (Å²) in [4.78, 5) is 0. The van der Waals surface area contributed by atoms with Gasteiger partial charge in [-0.05, 0) is 24.1 Å². The molecule has 0 aliphatic rings. The summed E-state index contributed by atoms with van der Waals surface area (Å²) >= 11 is 0. The van der Waals surface area contributed by atoms with Gasteiger partial charge in [0.25, 0.3) is 0 Å². The molecule has 2 rings (SSSR count). The quantitative estimate of drug-likeness (QED) is 0.910. The van der Waals surface area contributed by atoms with E-state index >= 15 is 0 Å². The average molecular weight is 277 g/mol. The van der Waals surface area contributed by atoms with E-state index in [1.807, 2.05) is 30.3 Å². The summed E-state index contributed by atoms with van der Waals surface area (Å²) in [6.45, 7) is 0. The summed E-state index contributed by atoms with van der Waals surface area (Å²) in [5.74, 6) is -1.16. The van der Waals surface area contributed by atoms with Crippen molar-refractivity contribution in [3.05, 3.63) is 71.3 Å². The van der Waals surface area contributed by atoms with Crippen LogP contribution in [-0.4, -0.2) is 13.2 Å². The fraction of sp³-hybridized carbons (Fsp3) is 0.250. The lowest BCUT2D eigenvalue weighted by molar-refractivity contribution is 0.0797. The third-order valence-corrected chi connectivity index (χ3v) is 3.27. The summed E-state index contributed by atoms with van der Waals surface area (Å²) in [6.07, 6.45) is -0.332. The van der Waals surface area contributed by atoms with Gasteiger partial charge in [-0.2, -0.15) is 0 Å². The summed E-state index contributed by atoms with van der Waals surface area (Å²) < 4.78 is 32.7. The molecule has 2 aromatic carbocycles. The molecule has 0 aromatic heterocycles. The maximum Gasteiger partial charge on any atom is 0.129 e. The zero-order valence-electron chi connectivity index (χ0n) is 11.2. The highest BCUT2D eigenvalue weighted by atomic mass is 19.1. The van der Waals surface area contributed by atoms with E-state index in [-0.39, 0.29) is 12.0 Å². The lowest BCUT2D eigenvalue weighted by Crippen LogP contribution is -2.32. The minimum absolute atomic E-state index is 0.00187. The van der Waals surface area contributed by atoms with E-state index in [1.165, 1.54) is 25.3 Å². The molecule has 0 saturated heterocycles. The monoisotopic (exact) mass is 277 g/mol. The van der Waals surface area contributed by atoms with Crippen LogP contribution in [0.4, 0.5) is 8.78 Å². The van der Waals surface area contributed by atoms with Gasteiger partial charge in [0, 0.05) is 18.7 Å². The van der Waals surface area contributed by atoms with Gasteiger partial charge in [-0.15, -0.1) is 0 Å². The standard InChI is InChI=1S/C16H17F2NO/c1-20-16(11-6-3-2-4-7-11)15(19)10-12-13(17)8-5-9-14(12)18/h2-9,15-16H,10,19H2,1H3. The van der Waals surface area contributed by atoms with Gasteiger partial charge in [-0.1, -0.05) is 36.4 Å². The summed E-state index contributed by atoms with van der Waals surface area (Å²) in [6, 6.07) is 12.7. The van der Waals surface area contributed by atoms with Crippen LogP contribution in [0.25, 0.3) is 0 Å². The number of hydrogen-bond donors (Lipinski definition) is 1. The van der Waals surface area contributed by atoms with E-state index in [1.54, 1.807) is 0 Å². The third kappa shape index (κ3) is 3.21. The van der Waals surface area contributed by atoms with Gasteiger partial charge in [-0.25, -0.2) is 8.78 Å². The van der Waals surface area contributed by atoms with Crippen LogP contribution >= 0.6 is 0 Å². The second kappa shape index (κ2) is 6.59. The summed E-state index contributed by atoms with van der Waals surface area (Å²) in [5.41, 5.74) is 6.96. The predicted octanol–water partition coefficient (Wildman–Crippen LogP) is 3.22. The molecule has 0 fully saturated rings. The first-order valence-corrected chi connectivity index (χ1v) is 6.39. The van der Waals surface area contributed by atoms with Crippen molar-refractivity contribution in [2.45, 2.75) is 18.6 Å². The van der Waals surface area contributed by atoms with Gasteiger partial charge < -0.3 is 10.5 Å². The van der Waals surface area contributed by atoms with Gasteiger partial charge >= 0.3 is 0 Å². The van der Waals surface area contributed by atoms with E-state index in [4.69, 9.17) is 10.5 Å². The average Bonchev–Trinajstić information content (AvgIpc) is 2.45. The maximum atomic E-state index is 13.6. The molecule has 0 heterocycles. The molecule has 20 heavy (non-hydrogen) atoms. The van der Waals surface area contributed by atoms with Crippen molar-refractivity contribution in [1.82, 2.24) is 0 Å². The van der Waals surface area contributed by atoms with Crippen molar-refractivity contribution < 1.29 is 13.5 Å². The third-order valence-electron chi connectivity index (χ3n) is 3.27. The minimum atomic E-state index is -0.580. The lowest BCUT2D eigenvalue weighted by Gasteiger charge is -2.23. The number of hydrogen-bond acceptors (Lipinski definition) is 2. The Kier molecular flexibility index (Phi) is 4.82. The smallest absolute Gasteiger partial charge is 0.129 e. The second-order valence-corrected chi connectivity index (χ2v) is 4.64. The molecule has 4 heteroatoms. The van der Waals surface area contributed by atoms with Crippen LogP contribution in [0.5, 0.6) is 0 Å². The molecule has 0 spiro atoms. The first-order chi connectivity index (χ1) is 9.63. The molecule has 0 amide bonds. The highest BCUT2D eigenvalue weighted by Gasteiger charge is 2.22. The molecular formula is C16H17F2NO. The number of benzene rings is 2. The van der Waals surface area contributed by atoms with E-state index in [2.05, 4.69) is 0 Å². The van der Waals surface area contributed by atoms with E-state index in [0.717, 1.165) is 5.56 Å². The van der Waals surface area contributed by atoms with Crippen molar-refractivity contribution in [1.29, 1.82) is 0 Å². The van der Waals surface area contributed by atoms with Crippen LogP contribution in [-0.2, 0) is 11.2 Å². The van der Waals surface area contributed by atoms with Gasteiger partial charge in [0.05, 0.1) is 6.10 Å². The van der Waals surface area contributed by atoms with Crippen LogP contribution in [0, 0.1) is 11.6 Å². The van der Waals surface area contributed by atoms with E-state index < -0.39 is 23.8 Å². The molecule has 2 unspecified atom stereocenters. The molecule has 2 N–H and O–H groups in total. The molecular weight excluding hydrogens is 260 g/mol. The van der Waals surface area contributed by atoms with Crippen LogP contribution in [0.15, 0.2) is 48.5 Å². The Labute approximate surface area is 117 Å². The molecule has 2 atom stereocenters. The van der Waals surface area contributed by atoms with E-state index in [0.29, 0.717) is 0 Å². The highest BCUT2D eigenvalue weighted by molar-refractivity contribution is 5.24. The fourth-order valence-corrected chi connectivity index (χ4v) is 2.27. The topological polar surface area (TPSA) is 35.2 Å². The highest BCUT2D eigenvalue weighted by Crippen LogP contribution is 2.23. The van der Waals surface area contributed by atoms with Crippen LogP contribution in [0.3, 0.4) is 0 Å². The molecule has 106 valence electrons. The predicted molar refractivity (Wildman–Crippen MR) is 74.2 cm³/mol. The Hall–Kier alpha value is -1.78. The minimum Gasteiger partial charge on any atom is -0.375 e. The normalized spacial score (nSPS) is 14.0. The Bertz CT molecular complexity index is 539. The van der Waals surface area contributed by atoms with Crippen molar-refractivity contribution >= 4 is 0 Å². The molecule has 2 aromatic rings. The van der Waals surface area contributed by atoms with Crippen LogP contribution < -0.4 is 5.73 Å². The molecule has 0 aliphatic carbocycles. The molecule has 0 bridgehead atoms. The lowest BCUT2D eigenvalue weighted by atomic mass is 9.96. The van der Waals surface area contributed by atoms with Crippen LogP contribution in [0.1, 0.15) is 17.2 Å². The second-order valence-electron chi connectivity index (χ2n) is 4.64. The zero-order chi connectivity index (χ0) is 14.5.